The molecule has 6 heterocycles. The molecule has 7 rings (SSSR count). The maximum absolute atomic E-state index is 13.7. The predicted molar refractivity (Wildman–Crippen MR) is 109 cm³/mol. The van der Waals surface area contributed by atoms with E-state index in [-0.39, 0.29) is 30.1 Å². The fourth-order valence-corrected chi connectivity index (χ4v) is 7.26. The first kappa shape index (κ1) is 18.2. The van der Waals surface area contributed by atoms with Gasteiger partial charge in [0, 0.05) is 17.6 Å². The third-order valence-corrected chi connectivity index (χ3v) is 8.64. The van der Waals surface area contributed by atoms with Gasteiger partial charge in [-0.1, -0.05) is 6.07 Å². The van der Waals surface area contributed by atoms with E-state index in [1.165, 1.54) is 6.33 Å². The van der Waals surface area contributed by atoms with Crippen molar-refractivity contribution in [1.82, 2.24) is 23.9 Å². The summed E-state index contributed by atoms with van der Waals surface area (Å²) in [5.41, 5.74) is 8.72. The second-order valence-corrected chi connectivity index (χ2v) is 10.3. The molecule has 0 radical (unpaired) electrons. The maximum atomic E-state index is 13.7. The van der Waals surface area contributed by atoms with E-state index in [9.17, 15) is 8.42 Å². The van der Waals surface area contributed by atoms with Gasteiger partial charge < -0.3 is 10.5 Å². The fraction of sp³-hybridized carbons (Fsp3) is 0.450. The van der Waals surface area contributed by atoms with Crippen molar-refractivity contribution in [3.8, 4) is 11.3 Å². The zero-order valence-electron chi connectivity index (χ0n) is 16.5. The van der Waals surface area contributed by atoms with Crippen LogP contribution in [0.4, 0.5) is 5.82 Å². The van der Waals surface area contributed by atoms with Crippen LogP contribution in [0.15, 0.2) is 35.6 Å². The Morgan fingerprint density at radius 3 is 2.50 bits per heavy atom. The first-order chi connectivity index (χ1) is 14.4. The van der Waals surface area contributed by atoms with Gasteiger partial charge in [0.05, 0.1) is 29.0 Å². The lowest BCUT2D eigenvalue weighted by molar-refractivity contribution is -0.159. The van der Waals surface area contributed by atoms with E-state index in [4.69, 9.17) is 10.5 Å². The van der Waals surface area contributed by atoms with Crippen LogP contribution in [0.25, 0.3) is 16.9 Å². The van der Waals surface area contributed by atoms with Gasteiger partial charge in [0.2, 0.25) is 10.0 Å². The van der Waals surface area contributed by atoms with Crippen LogP contribution in [0.3, 0.4) is 0 Å². The minimum absolute atomic E-state index is 0.0272. The number of imidazole rings is 1. The second-order valence-electron chi connectivity index (χ2n) is 8.47. The number of sulfonamides is 1. The smallest absolute Gasteiger partial charge is 0.243 e. The Morgan fingerprint density at radius 2 is 1.80 bits per heavy atom. The summed E-state index contributed by atoms with van der Waals surface area (Å²) >= 11 is 0. The average Bonchev–Trinajstić information content (AvgIpc) is 3.12. The number of nitrogens with two attached hydrogens (primary N) is 1. The quantitative estimate of drug-likeness (QED) is 0.678. The Hall–Kier alpha value is -2.56. The van der Waals surface area contributed by atoms with Gasteiger partial charge in [-0.2, -0.15) is 9.40 Å². The van der Waals surface area contributed by atoms with Crippen molar-refractivity contribution in [3.05, 3.63) is 36.3 Å². The van der Waals surface area contributed by atoms with Crippen LogP contribution in [0, 0.1) is 6.92 Å². The molecule has 4 bridgehead atoms. The Bertz CT molecular complexity index is 1240. The van der Waals surface area contributed by atoms with Gasteiger partial charge in [-0.15, -0.1) is 0 Å². The number of aromatic nitrogens is 4. The highest BCUT2D eigenvalue weighted by Gasteiger charge is 2.52. The van der Waals surface area contributed by atoms with Crippen LogP contribution in [-0.2, 0) is 14.8 Å². The summed E-state index contributed by atoms with van der Waals surface area (Å²) in [5, 5.41) is 4.25. The zero-order chi connectivity index (χ0) is 20.6. The third kappa shape index (κ3) is 2.53. The number of benzene rings is 1. The number of piperidine rings is 2. The van der Waals surface area contributed by atoms with Crippen molar-refractivity contribution in [2.45, 2.75) is 61.8 Å². The van der Waals surface area contributed by atoms with Gasteiger partial charge in [0.15, 0.2) is 11.5 Å². The Labute approximate surface area is 173 Å². The van der Waals surface area contributed by atoms with Crippen molar-refractivity contribution in [1.29, 1.82) is 0 Å². The molecule has 0 spiro atoms. The molecule has 10 heteroatoms. The molecule has 0 atom stereocenters. The predicted octanol–water partition coefficient (Wildman–Crippen LogP) is 1.76. The van der Waals surface area contributed by atoms with Crippen LogP contribution < -0.4 is 5.73 Å². The van der Waals surface area contributed by atoms with Gasteiger partial charge in [-0.05, 0) is 50.3 Å². The largest absolute Gasteiger partial charge is 0.381 e. The lowest BCUT2D eigenvalue weighted by Gasteiger charge is -2.55. The van der Waals surface area contributed by atoms with Crippen LogP contribution in [0.2, 0.25) is 0 Å². The minimum atomic E-state index is -3.63. The topological polar surface area (TPSA) is 116 Å². The number of ether oxygens (including phenoxy) is 1. The molecule has 4 aliphatic rings. The number of nitrogens with zero attached hydrogens (tertiary/aromatic N) is 5. The molecule has 4 aliphatic heterocycles. The fourth-order valence-electron chi connectivity index (χ4n) is 5.38. The monoisotopic (exact) mass is 426 g/mol. The summed E-state index contributed by atoms with van der Waals surface area (Å²) in [6.07, 6.45) is 6.57. The standard InChI is InChI=1S/C20H22N6O3S/c1-11-2-3-16(8-17(11)18-9-22-20-19(21)23-10-24-25(18)20)30(27,28)26-12-4-14-6-13(26)7-15(5-12)29-14/h2-3,8-10,12-15H,4-7H2,1H3,(H2,21,23,24). The molecule has 4 saturated heterocycles. The molecule has 2 aromatic heterocycles. The van der Waals surface area contributed by atoms with Crippen molar-refractivity contribution in [2.75, 3.05) is 5.73 Å². The van der Waals surface area contributed by atoms with Crippen molar-refractivity contribution >= 4 is 21.5 Å². The van der Waals surface area contributed by atoms with E-state index >= 15 is 0 Å². The lowest BCUT2D eigenvalue weighted by atomic mass is 9.80. The summed E-state index contributed by atoms with van der Waals surface area (Å²) in [7, 11) is -3.63. The van der Waals surface area contributed by atoms with Gasteiger partial charge in [0.25, 0.3) is 0 Å². The summed E-state index contributed by atoms with van der Waals surface area (Å²) < 4.78 is 36.7. The average molecular weight is 427 g/mol. The normalized spacial score (nSPS) is 28.4. The van der Waals surface area contributed by atoms with E-state index in [1.54, 1.807) is 27.2 Å². The van der Waals surface area contributed by atoms with Crippen molar-refractivity contribution in [2.24, 2.45) is 0 Å². The first-order valence-electron chi connectivity index (χ1n) is 10.2. The Morgan fingerprint density at radius 1 is 1.10 bits per heavy atom. The molecule has 3 aromatic rings. The van der Waals surface area contributed by atoms with Crippen LogP contribution in [0.5, 0.6) is 0 Å². The summed E-state index contributed by atoms with van der Waals surface area (Å²) in [4.78, 5) is 8.58. The molecular weight excluding hydrogens is 404 g/mol. The van der Waals surface area contributed by atoms with Gasteiger partial charge in [0.1, 0.15) is 6.33 Å². The molecule has 9 nitrogen and oxygen atoms in total. The van der Waals surface area contributed by atoms with Gasteiger partial charge >= 0.3 is 0 Å². The molecule has 2 N–H and O–H groups in total. The van der Waals surface area contributed by atoms with Crippen LogP contribution >= 0.6 is 0 Å². The summed E-state index contributed by atoms with van der Waals surface area (Å²) in [6.45, 7) is 1.94. The molecule has 4 fully saturated rings. The van der Waals surface area contributed by atoms with Gasteiger partial charge in [-0.3, -0.25) is 0 Å². The second kappa shape index (κ2) is 6.22. The molecule has 0 amide bonds. The molecule has 1 aromatic carbocycles. The van der Waals surface area contributed by atoms with Gasteiger partial charge in [-0.25, -0.2) is 22.9 Å². The number of hydrogen-bond acceptors (Lipinski definition) is 7. The van der Waals surface area contributed by atoms with E-state index < -0.39 is 10.0 Å². The van der Waals surface area contributed by atoms with E-state index in [1.807, 2.05) is 13.0 Å². The van der Waals surface area contributed by atoms with E-state index in [0.29, 0.717) is 16.2 Å². The van der Waals surface area contributed by atoms with E-state index in [0.717, 1.165) is 36.8 Å². The number of fused-ring (bicyclic) bond motifs is 1. The number of anilines is 1. The number of rotatable bonds is 3. The first-order valence-corrected chi connectivity index (χ1v) is 11.6. The molecule has 156 valence electrons. The Balaban J connectivity index is 1.44. The summed E-state index contributed by atoms with van der Waals surface area (Å²) in [5.74, 6) is 0.277. The number of hydrogen-bond donors (Lipinski definition) is 1. The molecule has 0 unspecified atom stereocenters. The SMILES string of the molecule is Cc1ccc(S(=O)(=O)N2C3CC4CC2CC(C3)O4)cc1-c1cnc2c(N)ncnn12. The highest BCUT2D eigenvalue weighted by molar-refractivity contribution is 7.89. The maximum Gasteiger partial charge on any atom is 0.243 e. The molecule has 0 aliphatic carbocycles. The Kier molecular flexibility index (Phi) is 3.78. The highest BCUT2D eigenvalue weighted by Crippen LogP contribution is 2.45. The highest BCUT2D eigenvalue weighted by atomic mass is 32.2. The minimum Gasteiger partial charge on any atom is -0.381 e. The lowest BCUT2D eigenvalue weighted by Crippen LogP contribution is -2.63. The number of aryl methyl sites for hydroxylation is 1. The van der Waals surface area contributed by atoms with Crippen molar-refractivity contribution < 1.29 is 13.2 Å². The van der Waals surface area contributed by atoms with Crippen LogP contribution in [0.1, 0.15) is 31.2 Å². The van der Waals surface area contributed by atoms with E-state index in [2.05, 4.69) is 15.1 Å². The third-order valence-electron chi connectivity index (χ3n) is 6.64. The van der Waals surface area contributed by atoms with Crippen LogP contribution in [-0.4, -0.2) is 56.6 Å². The number of nitrogen functional groups attached to an aromatic ring is 1. The molecule has 0 saturated carbocycles. The molecular formula is C20H22N6O3S. The summed E-state index contributed by atoms with van der Waals surface area (Å²) in [6, 6.07) is 5.32. The zero-order valence-corrected chi connectivity index (χ0v) is 17.3. The molecule has 30 heavy (non-hydrogen) atoms. The van der Waals surface area contributed by atoms with Crippen molar-refractivity contribution in [3.63, 3.8) is 0 Å².